The highest BCUT2D eigenvalue weighted by Gasteiger charge is 2.25. The molecule has 1 aromatic heterocycles. The van der Waals surface area contributed by atoms with Crippen LogP contribution in [0.3, 0.4) is 0 Å². The molecule has 7 heteroatoms. The third-order valence-corrected chi connectivity index (χ3v) is 2.06. The van der Waals surface area contributed by atoms with Gasteiger partial charge in [0.05, 0.1) is 10.6 Å². The van der Waals surface area contributed by atoms with E-state index >= 15 is 0 Å². The van der Waals surface area contributed by atoms with E-state index in [1.807, 2.05) is 0 Å². The highest BCUT2D eigenvalue weighted by Crippen LogP contribution is 2.32. The molecule has 0 saturated heterocycles. The number of nitrogens with two attached hydrogens (primary N) is 1. The second kappa shape index (κ2) is 4.26. The lowest BCUT2D eigenvalue weighted by atomic mass is 10.1. The van der Waals surface area contributed by atoms with E-state index in [1.54, 1.807) is 0 Å². The first-order valence-corrected chi connectivity index (χ1v) is 4.10. The summed E-state index contributed by atoms with van der Waals surface area (Å²) >= 11 is 0. The van der Waals surface area contributed by atoms with Gasteiger partial charge in [0.15, 0.2) is 0 Å². The number of halogens is 2. The average Bonchev–Trinajstić information content (AvgIpc) is 2.16. The van der Waals surface area contributed by atoms with Crippen molar-refractivity contribution >= 4 is 5.69 Å². The normalized spacial score (nSPS) is 10.7. The first-order chi connectivity index (χ1) is 6.99. The molecule has 0 radical (unpaired) electrons. The van der Waals surface area contributed by atoms with Crippen LogP contribution in [0.2, 0.25) is 0 Å². The lowest BCUT2D eigenvalue weighted by Gasteiger charge is -2.08. The number of rotatable bonds is 3. The number of nitro groups is 1. The maximum absolute atomic E-state index is 12.6. The van der Waals surface area contributed by atoms with E-state index in [9.17, 15) is 18.9 Å². The zero-order valence-electron chi connectivity index (χ0n) is 7.91. The maximum Gasteiger partial charge on any atom is 0.296 e. The second-order valence-electron chi connectivity index (χ2n) is 2.89. The summed E-state index contributed by atoms with van der Waals surface area (Å²) < 4.78 is 25.2. The zero-order chi connectivity index (χ0) is 11.6. The SMILES string of the molecule is Cc1c(CN)ncc([N+](=O)[O-])c1C(F)F. The Morgan fingerprint density at radius 3 is 2.67 bits per heavy atom. The Balaban J connectivity index is 3.44. The molecule has 82 valence electrons. The Bertz CT molecular complexity index is 396. The van der Waals surface area contributed by atoms with E-state index in [0.717, 1.165) is 6.20 Å². The van der Waals surface area contributed by atoms with Crippen LogP contribution in [0.15, 0.2) is 6.20 Å². The van der Waals surface area contributed by atoms with Crippen molar-refractivity contribution in [3.63, 3.8) is 0 Å². The van der Waals surface area contributed by atoms with Crippen LogP contribution in [-0.4, -0.2) is 9.91 Å². The van der Waals surface area contributed by atoms with Gasteiger partial charge in [-0.3, -0.25) is 15.1 Å². The van der Waals surface area contributed by atoms with Gasteiger partial charge in [0, 0.05) is 6.54 Å². The molecule has 15 heavy (non-hydrogen) atoms. The smallest absolute Gasteiger partial charge is 0.296 e. The summed E-state index contributed by atoms with van der Waals surface area (Å²) in [6, 6.07) is 0. The number of hydrogen-bond acceptors (Lipinski definition) is 4. The number of aromatic nitrogens is 1. The molecular formula is C8H9F2N3O2. The van der Waals surface area contributed by atoms with Crippen molar-refractivity contribution in [3.8, 4) is 0 Å². The molecule has 0 saturated carbocycles. The maximum atomic E-state index is 12.6. The van der Waals surface area contributed by atoms with E-state index in [-0.39, 0.29) is 17.8 Å². The summed E-state index contributed by atoms with van der Waals surface area (Å²) in [6.45, 7) is 1.33. The first kappa shape index (κ1) is 11.4. The van der Waals surface area contributed by atoms with Gasteiger partial charge >= 0.3 is 0 Å². The molecule has 0 amide bonds. The largest absolute Gasteiger partial charge is 0.325 e. The van der Waals surface area contributed by atoms with Crippen molar-refractivity contribution in [1.82, 2.24) is 4.98 Å². The summed E-state index contributed by atoms with van der Waals surface area (Å²) in [5.74, 6) is 0. The lowest BCUT2D eigenvalue weighted by molar-refractivity contribution is -0.386. The van der Waals surface area contributed by atoms with Crippen molar-refractivity contribution in [1.29, 1.82) is 0 Å². The topological polar surface area (TPSA) is 82.0 Å². The molecule has 5 nitrogen and oxygen atoms in total. The van der Waals surface area contributed by atoms with Crippen molar-refractivity contribution in [3.05, 3.63) is 33.1 Å². The summed E-state index contributed by atoms with van der Waals surface area (Å²) in [6.07, 6.45) is -2.09. The van der Waals surface area contributed by atoms with Crippen LogP contribution >= 0.6 is 0 Å². The van der Waals surface area contributed by atoms with Gasteiger partial charge in [-0.2, -0.15) is 0 Å². The van der Waals surface area contributed by atoms with Gasteiger partial charge in [0.2, 0.25) is 0 Å². The molecule has 0 spiro atoms. The summed E-state index contributed by atoms with van der Waals surface area (Å²) in [5, 5.41) is 10.5. The number of nitrogens with zero attached hydrogens (tertiary/aromatic N) is 2. The molecule has 0 aromatic carbocycles. The molecule has 0 atom stereocenters. The van der Waals surface area contributed by atoms with E-state index in [1.165, 1.54) is 6.92 Å². The van der Waals surface area contributed by atoms with E-state index in [2.05, 4.69) is 4.98 Å². The number of pyridine rings is 1. The fourth-order valence-corrected chi connectivity index (χ4v) is 1.28. The van der Waals surface area contributed by atoms with Gasteiger partial charge < -0.3 is 5.73 Å². The second-order valence-corrected chi connectivity index (χ2v) is 2.89. The Labute approximate surface area is 84.1 Å². The van der Waals surface area contributed by atoms with Crippen LogP contribution in [0.5, 0.6) is 0 Å². The number of alkyl halides is 2. The van der Waals surface area contributed by atoms with Crippen LogP contribution in [-0.2, 0) is 6.54 Å². The zero-order valence-corrected chi connectivity index (χ0v) is 7.91. The minimum absolute atomic E-state index is 0.0243. The third-order valence-electron chi connectivity index (χ3n) is 2.06. The van der Waals surface area contributed by atoms with Gasteiger partial charge in [0.25, 0.3) is 12.1 Å². The van der Waals surface area contributed by atoms with Crippen LogP contribution in [0.25, 0.3) is 0 Å². The van der Waals surface area contributed by atoms with Crippen molar-refractivity contribution in [2.24, 2.45) is 5.73 Å². The highest BCUT2D eigenvalue weighted by molar-refractivity contribution is 5.45. The minimum atomic E-state index is -2.90. The predicted molar refractivity (Wildman–Crippen MR) is 48.5 cm³/mol. The Hall–Kier alpha value is -1.63. The van der Waals surface area contributed by atoms with Crippen molar-refractivity contribution in [2.75, 3.05) is 0 Å². The van der Waals surface area contributed by atoms with Crippen LogP contribution in [0.1, 0.15) is 23.2 Å². The first-order valence-electron chi connectivity index (χ1n) is 4.10. The Morgan fingerprint density at radius 2 is 2.27 bits per heavy atom. The monoisotopic (exact) mass is 217 g/mol. The van der Waals surface area contributed by atoms with Gasteiger partial charge in [-0.05, 0) is 12.5 Å². The summed E-state index contributed by atoms with van der Waals surface area (Å²) in [7, 11) is 0. The van der Waals surface area contributed by atoms with Gasteiger partial charge in [-0.25, -0.2) is 8.78 Å². The summed E-state index contributed by atoms with van der Waals surface area (Å²) in [4.78, 5) is 13.3. The standard InChI is InChI=1S/C8H9F2N3O2/c1-4-5(2-11)12-3-6(13(14)15)7(4)8(9)10/h3,8H,2,11H2,1H3. The minimum Gasteiger partial charge on any atom is -0.325 e. The highest BCUT2D eigenvalue weighted by atomic mass is 19.3. The van der Waals surface area contributed by atoms with Crippen molar-refractivity contribution < 1.29 is 13.7 Å². The number of hydrogen-bond donors (Lipinski definition) is 1. The fraction of sp³-hybridized carbons (Fsp3) is 0.375. The molecule has 0 bridgehead atoms. The quantitative estimate of drug-likeness (QED) is 0.617. The molecule has 1 rings (SSSR count). The fourth-order valence-electron chi connectivity index (χ4n) is 1.28. The average molecular weight is 217 g/mol. The van der Waals surface area contributed by atoms with Crippen LogP contribution < -0.4 is 5.73 Å². The molecule has 0 aliphatic heterocycles. The Morgan fingerprint density at radius 1 is 1.67 bits per heavy atom. The van der Waals surface area contributed by atoms with Gasteiger partial charge in [-0.1, -0.05) is 0 Å². The molecule has 0 aliphatic rings. The molecule has 0 aliphatic carbocycles. The van der Waals surface area contributed by atoms with E-state index in [0.29, 0.717) is 0 Å². The molecule has 0 unspecified atom stereocenters. The predicted octanol–water partition coefficient (Wildman–Crippen LogP) is 1.69. The van der Waals surface area contributed by atoms with E-state index in [4.69, 9.17) is 5.73 Å². The van der Waals surface area contributed by atoms with E-state index < -0.39 is 22.6 Å². The Kier molecular flexibility index (Phi) is 3.25. The molecule has 1 aromatic rings. The molecule has 0 fully saturated rings. The lowest BCUT2D eigenvalue weighted by Crippen LogP contribution is -2.08. The van der Waals surface area contributed by atoms with Crippen molar-refractivity contribution in [2.45, 2.75) is 19.9 Å². The van der Waals surface area contributed by atoms with Gasteiger partial charge in [0.1, 0.15) is 11.8 Å². The summed E-state index contributed by atoms with van der Waals surface area (Å²) in [5.41, 5.74) is 4.33. The van der Waals surface area contributed by atoms with Crippen LogP contribution in [0, 0.1) is 17.0 Å². The molecule has 1 heterocycles. The third kappa shape index (κ3) is 2.07. The molecular weight excluding hydrogens is 208 g/mol. The molecule has 2 N–H and O–H groups in total. The van der Waals surface area contributed by atoms with Crippen LogP contribution in [0.4, 0.5) is 14.5 Å². The van der Waals surface area contributed by atoms with Gasteiger partial charge in [-0.15, -0.1) is 0 Å².